The van der Waals surface area contributed by atoms with Crippen molar-refractivity contribution in [2.24, 2.45) is 0 Å². The van der Waals surface area contributed by atoms with Gasteiger partial charge in [-0.3, -0.25) is 9.89 Å². The van der Waals surface area contributed by atoms with Crippen LogP contribution in [-0.2, 0) is 4.79 Å². The average molecular weight is 244 g/mol. The molecule has 1 heterocycles. The van der Waals surface area contributed by atoms with Crippen molar-refractivity contribution in [2.75, 3.05) is 10.6 Å². The van der Waals surface area contributed by atoms with Crippen LogP contribution in [0, 0.1) is 0 Å². The van der Waals surface area contributed by atoms with Crippen LogP contribution >= 0.6 is 0 Å². The zero-order valence-corrected chi connectivity index (χ0v) is 10.2. The van der Waals surface area contributed by atoms with Crippen molar-refractivity contribution in [3.05, 3.63) is 42.7 Å². The number of rotatable bonds is 5. The maximum atomic E-state index is 11.8. The van der Waals surface area contributed by atoms with Gasteiger partial charge in [0.05, 0.1) is 11.9 Å². The van der Waals surface area contributed by atoms with Gasteiger partial charge in [0.1, 0.15) is 0 Å². The molecule has 18 heavy (non-hydrogen) atoms. The fourth-order valence-electron chi connectivity index (χ4n) is 1.68. The lowest BCUT2D eigenvalue weighted by molar-refractivity contribution is -0.116. The SMILES string of the molecule is CC(CC(=O)Nc1ccccc1)Nc1cn[nH]c1. The second kappa shape index (κ2) is 5.86. The Balaban J connectivity index is 1.80. The second-order valence-electron chi connectivity index (χ2n) is 4.15. The Hall–Kier alpha value is -2.30. The molecule has 3 N–H and O–H groups in total. The van der Waals surface area contributed by atoms with Gasteiger partial charge >= 0.3 is 0 Å². The predicted octanol–water partition coefficient (Wildman–Crippen LogP) is 2.24. The molecule has 1 aromatic carbocycles. The highest BCUT2D eigenvalue weighted by atomic mass is 16.1. The van der Waals surface area contributed by atoms with Crippen LogP contribution in [-0.4, -0.2) is 22.1 Å². The van der Waals surface area contributed by atoms with E-state index < -0.39 is 0 Å². The van der Waals surface area contributed by atoms with Gasteiger partial charge in [0.15, 0.2) is 0 Å². The van der Waals surface area contributed by atoms with E-state index in [-0.39, 0.29) is 11.9 Å². The van der Waals surface area contributed by atoms with Gasteiger partial charge in [-0.15, -0.1) is 0 Å². The fourth-order valence-corrected chi connectivity index (χ4v) is 1.68. The van der Waals surface area contributed by atoms with Crippen molar-refractivity contribution in [1.29, 1.82) is 0 Å². The summed E-state index contributed by atoms with van der Waals surface area (Å²) in [7, 11) is 0. The minimum absolute atomic E-state index is 0.00954. The molecule has 1 aromatic heterocycles. The molecule has 0 aliphatic heterocycles. The van der Waals surface area contributed by atoms with Crippen LogP contribution in [0.15, 0.2) is 42.7 Å². The van der Waals surface area contributed by atoms with Crippen LogP contribution in [0.1, 0.15) is 13.3 Å². The first kappa shape index (κ1) is 12.2. The lowest BCUT2D eigenvalue weighted by Crippen LogP contribution is -2.23. The molecule has 1 unspecified atom stereocenters. The minimum atomic E-state index is -0.00954. The lowest BCUT2D eigenvalue weighted by Gasteiger charge is -2.13. The Kier molecular flexibility index (Phi) is 3.96. The summed E-state index contributed by atoms with van der Waals surface area (Å²) in [6.45, 7) is 1.96. The number of carbonyl (C=O) groups excluding carboxylic acids is 1. The van der Waals surface area contributed by atoms with Crippen molar-refractivity contribution in [3.63, 3.8) is 0 Å². The van der Waals surface area contributed by atoms with Crippen LogP contribution in [0.2, 0.25) is 0 Å². The van der Waals surface area contributed by atoms with Crippen LogP contribution in [0.4, 0.5) is 11.4 Å². The maximum absolute atomic E-state index is 11.8. The molecule has 0 saturated heterocycles. The van der Waals surface area contributed by atoms with Gasteiger partial charge in [-0.05, 0) is 19.1 Å². The summed E-state index contributed by atoms with van der Waals surface area (Å²) >= 11 is 0. The van der Waals surface area contributed by atoms with Gasteiger partial charge < -0.3 is 10.6 Å². The smallest absolute Gasteiger partial charge is 0.226 e. The normalized spacial score (nSPS) is 11.8. The Morgan fingerprint density at radius 3 is 2.78 bits per heavy atom. The van der Waals surface area contributed by atoms with Crippen molar-refractivity contribution in [2.45, 2.75) is 19.4 Å². The van der Waals surface area contributed by atoms with Crippen molar-refractivity contribution < 1.29 is 4.79 Å². The first-order valence-corrected chi connectivity index (χ1v) is 5.84. The van der Waals surface area contributed by atoms with E-state index in [0.29, 0.717) is 6.42 Å². The van der Waals surface area contributed by atoms with Crippen molar-refractivity contribution in [1.82, 2.24) is 10.2 Å². The number of para-hydroxylation sites is 1. The van der Waals surface area contributed by atoms with Crippen LogP contribution < -0.4 is 10.6 Å². The third-order valence-corrected chi connectivity index (χ3v) is 2.46. The van der Waals surface area contributed by atoms with Gasteiger partial charge in [0.25, 0.3) is 0 Å². The summed E-state index contributed by atoms with van der Waals surface area (Å²) < 4.78 is 0. The summed E-state index contributed by atoms with van der Waals surface area (Å²) in [5.41, 5.74) is 1.70. The summed E-state index contributed by atoms with van der Waals surface area (Å²) in [5, 5.41) is 12.6. The second-order valence-corrected chi connectivity index (χ2v) is 4.15. The zero-order valence-electron chi connectivity index (χ0n) is 10.2. The molecule has 1 atom stereocenters. The number of hydrogen-bond acceptors (Lipinski definition) is 3. The number of nitrogens with zero attached hydrogens (tertiary/aromatic N) is 1. The van der Waals surface area contributed by atoms with Gasteiger partial charge in [-0.1, -0.05) is 18.2 Å². The van der Waals surface area contributed by atoms with Gasteiger partial charge in [-0.25, -0.2) is 0 Å². The molecule has 0 aliphatic rings. The topological polar surface area (TPSA) is 69.8 Å². The molecule has 0 radical (unpaired) electrons. The Morgan fingerprint density at radius 1 is 1.33 bits per heavy atom. The zero-order chi connectivity index (χ0) is 12.8. The van der Waals surface area contributed by atoms with E-state index in [1.54, 1.807) is 12.4 Å². The summed E-state index contributed by atoms with van der Waals surface area (Å²) in [6.07, 6.45) is 3.84. The number of anilines is 2. The number of amides is 1. The quantitative estimate of drug-likeness (QED) is 0.755. The number of aromatic nitrogens is 2. The van der Waals surface area contributed by atoms with Gasteiger partial charge in [0, 0.05) is 24.3 Å². The fraction of sp³-hybridized carbons (Fsp3) is 0.231. The largest absolute Gasteiger partial charge is 0.380 e. The molecular weight excluding hydrogens is 228 g/mol. The van der Waals surface area contributed by atoms with Crippen LogP contribution in [0.3, 0.4) is 0 Å². The van der Waals surface area contributed by atoms with Crippen LogP contribution in [0.5, 0.6) is 0 Å². The van der Waals surface area contributed by atoms with E-state index in [0.717, 1.165) is 11.4 Å². The van der Waals surface area contributed by atoms with E-state index in [9.17, 15) is 4.79 Å². The molecule has 1 amide bonds. The van der Waals surface area contributed by atoms with E-state index >= 15 is 0 Å². The Labute approximate surface area is 106 Å². The molecule has 0 spiro atoms. The van der Waals surface area contributed by atoms with E-state index in [1.165, 1.54) is 0 Å². The number of nitrogens with one attached hydrogen (secondary N) is 3. The number of benzene rings is 1. The maximum Gasteiger partial charge on any atom is 0.226 e. The molecule has 5 heteroatoms. The number of H-pyrrole nitrogens is 1. The van der Waals surface area contributed by atoms with Gasteiger partial charge in [0.2, 0.25) is 5.91 Å². The third-order valence-electron chi connectivity index (χ3n) is 2.46. The lowest BCUT2D eigenvalue weighted by atomic mass is 10.2. The number of carbonyl (C=O) groups is 1. The highest BCUT2D eigenvalue weighted by Crippen LogP contribution is 2.09. The Morgan fingerprint density at radius 2 is 2.11 bits per heavy atom. The molecule has 0 aliphatic carbocycles. The first-order valence-electron chi connectivity index (χ1n) is 5.84. The third kappa shape index (κ3) is 3.62. The molecule has 0 fully saturated rings. The Bertz CT molecular complexity index is 481. The van der Waals surface area contributed by atoms with Crippen molar-refractivity contribution in [3.8, 4) is 0 Å². The summed E-state index contributed by atoms with van der Waals surface area (Å²) in [5.74, 6) is -0.00954. The monoisotopic (exact) mass is 244 g/mol. The molecule has 0 saturated carbocycles. The molecule has 0 bridgehead atoms. The van der Waals surface area contributed by atoms with E-state index in [1.807, 2.05) is 37.3 Å². The summed E-state index contributed by atoms with van der Waals surface area (Å²) in [4.78, 5) is 11.8. The molecular formula is C13H16N4O. The minimum Gasteiger partial charge on any atom is -0.380 e. The van der Waals surface area contributed by atoms with Crippen LogP contribution in [0.25, 0.3) is 0 Å². The summed E-state index contributed by atoms with van der Waals surface area (Å²) in [6, 6.07) is 9.48. The van der Waals surface area contributed by atoms with Gasteiger partial charge in [-0.2, -0.15) is 5.10 Å². The van der Waals surface area contributed by atoms with Crippen molar-refractivity contribution >= 4 is 17.3 Å². The standard InChI is InChI=1S/C13H16N4O/c1-10(16-12-8-14-15-9-12)7-13(18)17-11-5-3-2-4-6-11/h2-6,8-10,16H,7H2,1H3,(H,14,15)(H,17,18). The van der Waals surface area contributed by atoms with E-state index in [2.05, 4.69) is 20.8 Å². The average Bonchev–Trinajstić information content (AvgIpc) is 2.82. The first-order chi connectivity index (χ1) is 8.74. The van der Waals surface area contributed by atoms with E-state index in [4.69, 9.17) is 0 Å². The highest BCUT2D eigenvalue weighted by molar-refractivity contribution is 5.91. The number of aromatic amines is 1. The molecule has 2 aromatic rings. The molecule has 94 valence electrons. The predicted molar refractivity (Wildman–Crippen MR) is 71.4 cm³/mol. The number of hydrogen-bond donors (Lipinski definition) is 3. The highest BCUT2D eigenvalue weighted by Gasteiger charge is 2.09. The molecule has 5 nitrogen and oxygen atoms in total. The molecule has 2 rings (SSSR count).